The van der Waals surface area contributed by atoms with E-state index in [0.29, 0.717) is 6.61 Å². The van der Waals surface area contributed by atoms with Crippen LogP contribution in [0, 0.1) is 3.57 Å². The Hall–Kier alpha value is 0.290. The van der Waals surface area contributed by atoms with Gasteiger partial charge in [-0.15, -0.1) is 12.4 Å². The van der Waals surface area contributed by atoms with Gasteiger partial charge in [0.1, 0.15) is 12.4 Å². The molecule has 1 aromatic rings. The highest BCUT2D eigenvalue weighted by atomic mass is 127. The highest BCUT2D eigenvalue weighted by molar-refractivity contribution is 14.1. The van der Waals surface area contributed by atoms with Gasteiger partial charge in [-0.25, -0.2) is 0 Å². The van der Waals surface area contributed by atoms with E-state index in [1.165, 1.54) is 0 Å². The first-order valence-electron chi connectivity index (χ1n) is 4.46. The molecule has 1 fully saturated rings. The van der Waals surface area contributed by atoms with Crippen LogP contribution in [0.3, 0.4) is 0 Å². The summed E-state index contributed by atoms with van der Waals surface area (Å²) in [6.07, 6.45) is 2.13. The van der Waals surface area contributed by atoms with Crippen LogP contribution in [0.5, 0.6) is 5.75 Å². The quantitative estimate of drug-likeness (QED) is 0.841. The zero-order valence-corrected chi connectivity index (χ0v) is 11.7. The summed E-state index contributed by atoms with van der Waals surface area (Å²) >= 11 is 8.08. The van der Waals surface area contributed by atoms with E-state index in [1.807, 2.05) is 18.2 Å². The predicted octanol–water partition coefficient (Wildman–Crippen LogP) is 3.24. The maximum Gasteiger partial charge on any atom is 0.120 e. The highest BCUT2D eigenvalue weighted by Crippen LogP contribution is 2.33. The van der Waals surface area contributed by atoms with Crippen LogP contribution < -0.4 is 10.5 Å². The Morgan fingerprint density at radius 3 is 2.67 bits per heavy atom. The minimum absolute atomic E-state index is 0. The Labute approximate surface area is 114 Å². The van der Waals surface area contributed by atoms with Crippen molar-refractivity contribution in [3.63, 3.8) is 0 Å². The molecule has 0 spiro atoms. The van der Waals surface area contributed by atoms with Crippen molar-refractivity contribution < 1.29 is 4.74 Å². The van der Waals surface area contributed by atoms with E-state index in [4.69, 9.17) is 22.1 Å². The van der Waals surface area contributed by atoms with Crippen LogP contribution in [0.2, 0.25) is 5.02 Å². The number of halogens is 3. The third kappa shape index (κ3) is 3.66. The third-order valence-corrected chi connectivity index (χ3v) is 3.85. The fourth-order valence-corrected chi connectivity index (χ4v) is 1.70. The zero-order chi connectivity index (χ0) is 10.2. The van der Waals surface area contributed by atoms with E-state index < -0.39 is 0 Å². The summed E-state index contributed by atoms with van der Waals surface area (Å²) in [7, 11) is 0. The summed E-state index contributed by atoms with van der Waals surface area (Å²) in [4.78, 5) is 0. The molecule has 0 heterocycles. The van der Waals surface area contributed by atoms with Crippen molar-refractivity contribution in [2.45, 2.75) is 18.4 Å². The average molecular weight is 360 g/mol. The first-order chi connectivity index (χ1) is 6.59. The van der Waals surface area contributed by atoms with Gasteiger partial charge in [-0.1, -0.05) is 11.6 Å². The zero-order valence-electron chi connectivity index (χ0n) is 8.00. The molecule has 2 rings (SSSR count). The van der Waals surface area contributed by atoms with Crippen LogP contribution in [0.15, 0.2) is 18.2 Å². The first kappa shape index (κ1) is 13.4. The summed E-state index contributed by atoms with van der Waals surface area (Å²) in [5.41, 5.74) is 5.85. The van der Waals surface area contributed by atoms with Crippen molar-refractivity contribution >= 4 is 46.6 Å². The van der Waals surface area contributed by atoms with Crippen molar-refractivity contribution in [3.05, 3.63) is 26.8 Å². The van der Waals surface area contributed by atoms with Gasteiger partial charge in [0, 0.05) is 3.57 Å². The van der Waals surface area contributed by atoms with Gasteiger partial charge in [-0.2, -0.15) is 0 Å². The molecule has 0 amide bonds. The molecule has 0 aromatic heterocycles. The van der Waals surface area contributed by atoms with Crippen LogP contribution in [-0.4, -0.2) is 12.1 Å². The highest BCUT2D eigenvalue weighted by Gasteiger charge is 2.39. The molecule has 0 unspecified atom stereocenters. The van der Waals surface area contributed by atoms with Gasteiger partial charge in [0.15, 0.2) is 0 Å². The van der Waals surface area contributed by atoms with Gasteiger partial charge < -0.3 is 10.5 Å². The topological polar surface area (TPSA) is 35.2 Å². The molecule has 0 radical (unpaired) electrons. The van der Waals surface area contributed by atoms with Gasteiger partial charge >= 0.3 is 0 Å². The Morgan fingerprint density at radius 1 is 1.47 bits per heavy atom. The molecule has 2 N–H and O–H groups in total. The molecule has 1 aromatic carbocycles. The molecule has 0 bridgehead atoms. The largest absolute Gasteiger partial charge is 0.492 e. The second-order valence-corrected chi connectivity index (χ2v) is 5.30. The Kier molecular flexibility index (Phi) is 4.52. The summed E-state index contributed by atoms with van der Waals surface area (Å²) in [5.74, 6) is 0.843. The second-order valence-electron chi connectivity index (χ2n) is 3.73. The van der Waals surface area contributed by atoms with Gasteiger partial charge in [0.05, 0.1) is 10.6 Å². The lowest BCUT2D eigenvalue weighted by Gasteiger charge is -2.11. The number of hydrogen-bond acceptors (Lipinski definition) is 2. The smallest absolute Gasteiger partial charge is 0.120 e. The van der Waals surface area contributed by atoms with E-state index >= 15 is 0 Å². The fraction of sp³-hybridized carbons (Fsp3) is 0.400. The molecule has 5 heteroatoms. The fourth-order valence-electron chi connectivity index (χ4n) is 1.10. The molecule has 0 atom stereocenters. The monoisotopic (exact) mass is 359 g/mol. The SMILES string of the molecule is Cl.NC1(COc2ccc(Cl)c(I)c2)CC1. The van der Waals surface area contributed by atoms with E-state index in [2.05, 4.69) is 22.6 Å². The number of nitrogens with two attached hydrogens (primary N) is 1. The van der Waals surface area contributed by atoms with E-state index in [9.17, 15) is 0 Å². The standard InChI is InChI=1S/C10H11ClINO.ClH/c11-8-2-1-7(5-9(8)12)14-6-10(13)3-4-10;/h1-2,5H,3-4,6,13H2;1H. The van der Waals surface area contributed by atoms with E-state index in [0.717, 1.165) is 27.2 Å². The summed E-state index contributed by atoms with van der Waals surface area (Å²) in [5, 5.41) is 0.756. The summed E-state index contributed by atoms with van der Waals surface area (Å²) < 4.78 is 6.58. The summed E-state index contributed by atoms with van der Waals surface area (Å²) in [6, 6.07) is 5.64. The van der Waals surface area contributed by atoms with Crippen molar-refractivity contribution in [2.75, 3.05) is 6.61 Å². The van der Waals surface area contributed by atoms with Crippen LogP contribution >= 0.6 is 46.6 Å². The van der Waals surface area contributed by atoms with E-state index in [-0.39, 0.29) is 17.9 Å². The number of rotatable bonds is 3. The molecule has 15 heavy (non-hydrogen) atoms. The van der Waals surface area contributed by atoms with Crippen molar-refractivity contribution in [1.82, 2.24) is 0 Å². The second kappa shape index (κ2) is 5.08. The van der Waals surface area contributed by atoms with Crippen LogP contribution in [-0.2, 0) is 0 Å². The predicted molar refractivity (Wildman–Crippen MR) is 73.1 cm³/mol. The molecule has 1 aliphatic carbocycles. The minimum Gasteiger partial charge on any atom is -0.492 e. The van der Waals surface area contributed by atoms with Crippen LogP contribution in [0.25, 0.3) is 0 Å². The maximum absolute atomic E-state index is 5.91. The van der Waals surface area contributed by atoms with Crippen molar-refractivity contribution in [3.8, 4) is 5.75 Å². The molecule has 0 saturated heterocycles. The van der Waals surface area contributed by atoms with Crippen molar-refractivity contribution in [2.24, 2.45) is 5.73 Å². The van der Waals surface area contributed by atoms with Gasteiger partial charge in [0.2, 0.25) is 0 Å². The van der Waals surface area contributed by atoms with Gasteiger partial charge in [-0.3, -0.25) is 0 Å². The molecule has 84 valence electrons. The minimum atomic E-state index is -0.0644. The lowest BCUT2D eigenvalue weighted by atomic mass is 10.3. The van der Waals surface area contributed by atoms with Crippen LogP contribution in [0.1, 0.15) is 12.8 Å². The van der Waals surface area contributed by atoms with Crippen molar-refractivity contribution in [1.29, 1.82) is 0 Å². The lowest BCUT2D eigenvalue weighted by molar-refractivity contribution is 0.279. The Balaban J connectivity index is 0.00000112. The molecule has 1 aliphatic rings. The third-order valence-electron chi connectivity index (χ3n) is 2.31. The lowest BCUT2D eigenvalue weighted by Crippen LogP contribution is -2.29. The van der Waals surface area contributed by atoms with E-state index in [1.54, 1.807) is 0 Å². The van der Waals surface area contributed by atoms with Crippen LogP contribution in [0.4, 0.5) is 0 Å². The molecule has 2 nitrogen and oxygen atoms in total. The molecular formula is C10H12Cl2INO. The number of benzene rings is 1. The normalized spacial score (nSPS) is 16.7. The average Bonchev–Trinajstić information content (AvgIpc) is 2.87. The molecule has 0 aliphatic heterocycles. The number of ether oxygens (including phenoxy) is 1. The Morgan fingerprint density at radius 2 is 2.13 bits per heavy atom. The molecule has 1 saturated carbocycles. The maximum atomic E-state index is 5.91. The molecular weight excluding hydrogens is 348 g/mol. The van der Waals surface area contributed by atoms with Gasteiger partial charge in [-0.05, 0) is 53.6 Å². The first-order valence-corrected chi connectivity index (χ1v) is 5.91. The summed E-state index contributed by atoms with van der Waals surface area (Å²) in [6.45, 7) is 0.602. The van der Waals surface area contributed by atoms with Gasteiger partial charge in [0.25, 0.3) is 0 Å². The number of hydrogen-bond donors (Lipinski definition) is 1. The Bertz CT molecular complexity index is 355.